The van der Waals surface area contributed by atoms with Crippen LogP contribution >= 0.6 is 0 Å². The minimum Gasteiger partial charge on any atom is -0.195 e. The zero-order valence-electron chi connectivity index (χ0n) is 8.34. The number of halogens is 1. The molecule has 0 aromatic rings. The van der Waals surface area contributed by atoms with Crippen LogP contribution in [0.2, 0.25) is 0 Å². The van der Waals surface area contributed by atoms with Crippen LogP contribution in [0.5, 0.6) is 0 Å². The third-order valence-electron chi connectivity index (χ3n) is 4.01. The molecule has 2 nitrogen and oxygen atoms in total. The fraction of sp³-hybridized carbons (Fsp3) is 1.00. The molecule has 0 saturated heterocycles. The van der Waals surface area contributed by atoms with Crippen LogP contribution in [0.25, 0.3) is 0 Å². The largest absolute Gasteiger partial charge is 0.305 e. The first-order valence-electron chi connectivity index (χ1n) is 5.48. The van der Waals surface area contributed by atoms with Crippen molar-refractivity contribution in [2.24, 2.45) is 5.41 Å². The monoisotopic (exact) mass is 220 g/mol. The van der Waals surface area contributed by atoms with Crippen LogP contribution in [0.3, 0.4) is 0 Å². The molecule has 82 valence electrons. The fourth-order valence-electron chi connectivity index (χ4n) is 3.36. The lowest BCUT2D eigenvalue weighted by molar-refractivity contribution is 0.197. The average Bonchev–Trinajstić information content (AvgIpc) is 2.52. The number of hydrogen-bond acceptors (Lipinski definition) is 2. The highest BCUT2D eigenvalue weighted by Gasteiger charge is 2.48. The Bertz CT molecular complexity index is 304. The summed E-state index contributed by atoms with van der Waals surface area (Å²) in [6.45, 7) is 0. The summed E-state index contributed by atoms with van der Waals surface area (Å²) in [7, 11) is -4.32. The van der Waals surface area contributed by atoms with Crippen molar-refractivity contribution in [3.63, 3.8) is 0 Å². The van der Waals surface area contributed by atoms with Gasteiger partial charge < -0.3 is 0 Å². The summed E-state index contributed by atoms with van der Waals surface area (Å²) in [5, 5.41) is -0.689. The van der Waals surface area contributed by atoms with E-state index in [1.54, 1.807) is 0 Å². The Morgan fingerprint density at radius 1 is 1.00 bits per heavy atom. The first kappa shape index (κ1) is 10.4. The van der Waals surface area contributed by atoms with Crippen LogP contribution in [0.15, 0.2) is 0 Å². The van der Waals surface area contributed by atoms with E-state index in [-0.39, 0.29) is 5.41 Å². The van der Waals surface area contributed by atoms with Gasteiger partial charge in [0.15, 0.2) is 0 Å². The molecule has 0 aliphatic heterocycles. The van der Waals surface area contributed by atoms with E-state index in [0.717, 1.165) is 44.9 Å². The van der Waals surface area contributed by atoms with Gasteiger partial charge in [-0.25, -0.2) is 0 Å². The smallest absolute Gasteiger partial charge is 0.195 e. The van der Waals surface area contributed by atoms with Gasteiger partial charge in [-0.15, -0.1) is 3.89 Å². The van der Waals surface area contributed by atoms with Crippen LogP contribution in [0, 0.1) is 5.41 Å². The summed E-state index contributed by atoms with van der Waals surface area (Å²) in [5.41, 5.74) is -0.189. The summed E-state index contributed by atoms with van der Waals surface area (Å²) in [6.07, 6.45) is 7.39. The third-order valence-corrected chi connectivity index (χ3v) is 5.43. The second kappa shape index (κ2) is 3.47. The molecule has 2 fully saturated rings. The van der Waals surface area contributed by atoms with Crippen LogP contribution in [0.1, 0.15) is 51.4 Å². The lowest BCUT2D eigenvalue weighted by Crippen LogP contribution is -2.39. The minimum atomic E-state index is -4.32. The van der Waals surface area contributed by atoms with Crippen LogP contribution in [-0.2, 0) is 10.2 Å². The fourth-order valence-corrected chi connectivity index (χ4v) is 4.76. The Kier molecular flexibility index (Phi) is 2.58. The molecular formula is C10H17FO2S. The van der Waals surface area contributed by atoms with Gasteiger partial charge in [-0.3, -0.25) is 0 Å². The first-order chi connectivity index (χ1) is 6.55. The third kappa shape index (κ3) is 1.69. The van der Waals surface area contributed by atoms with Crippen LogP contribution in [0.4, 0.5) is 3.89 Å². The molecule has 1 atom stereocenters. The van der Waals surface area contributed by atoms with Gasteiger partial charge in [0, 0.05) is 0 Å². The van der Waals surface area contributed by atoms with Crippen molar-refractivity contribution >= 4 is 10.2 Å². The molecular weight excluding hydrogens is 203 g/mol. The van der Waals surface area contributed by atoms with E-state index in [4.69, 9.17) is 0 Å². The highest BCUT2D eigenvalue weighted by Crippen LogP contribution is 2.51. The molecule has 0 aromatic heterocycles. The molecule has 0 aromatic carbocycles. The van der Waals surface area contributed by atoms with Crippen molar-refractivity contribution < 1.29 is 12.3 Å². The Labute approximate surface area is 85.1 Å². The molecule has 0 bridgehead atoms. The standard InChI is InChI=1S/C10H17FO2S/c11-14(12,13)9-5-1-2-6-10(9)7-3-4-8-10/h9H,1-8H2. The zero-order valence-corrected chi connectivity index (χ0v) is 9.15. The van der Waals surface area contributed by atoms with Gasteiger partial charge in [0.2, 0.25) is 0 Å². The Morgan fingerprint density at radius 2 is 1.50 bits per heavy atom. The van der Waals surface area contributed by atoms with Crippen molar-refractivity contribution in [2.75, 3.05) is 0 Å². The van der Waals surface area contributed by atoms with E-state index in [0.29, 0.717) is 6.42 Å². The van der Waals surface area contributed by atoms with Crippen LogP contribution in [-0.4, -0.2) is 13.7 Å². The van der Waals surface area contributed by atoms with Gasteiger partial charge in [0.05, 0.1) is 5.25 Å². The van der Waals surface area contributed by atoms with Gasteiger partial charge in [0.1, 0.15) is 0 Å². The van der Waals surface area contributed by atoms with Crippen molar-refractivity contribution in [1.29, 1.82) is 0 Å². The van der Waals surface area contributed by atoms with Gasteiger partial charge in [-0.1, -0.05) is 25.7 Å². The predicted octanol–water partition coefficient (Wildman–Crippen LogP) is 2.79. The number of rotatable bonds is 1. The van der Waals surface area contributed by atoms with Gasteiger partial charge in [-0.2, -0.15) is 8.42 Å². The van der Waals surface area contributed by atoms with Gasteiger partial charge in [0.25, 0.3) is 0 Å². The minimum absolute atomic E-state index is 0.189. The maximum absolute atomic E-state index is 13.1. The van der Waals surface area contributed by atoms with E-state index < -0.39 is 15.5 Å². The summed E-state index contributed by atoms with van der Waals surface area (Å²) in [4.78, 5) is 0. The second-order valence-electron chi connectivity index (χ2n) is 4.78. The van der Waals surface area contributed by atoms with Crippen molar-refractivity contribution in [3.05, 3.63) is 0 Å². The Morgan fingerprint density at radius 3 is 2.00 bits per heavy atom. The van der Waals surface area contributed by atoms with Gasteiger partial charge in [-0.05, 0) is 31.1 Å². The van der Waals surface area contributed by atoms with Crippen molar-refractivity contribution in [2.45, 2.75) is 56.6 Å². The average molecular weight is 220 g/mol. The van der Waals surface area contributed by atoms with Crippen molar-refractivity contribution in [1.82, 2.24) is 0 Å². The second-order valence-corrected chi connectivity index (χ2v) is 6.30. The predicted molar refractivity (Wildman–Crippen MR) is 53.2 cm³/mol. The first-order valence-corrected chi connectivity index (χ1v) is 6.93. The maximum atomic E-state index is 13.1. The summed E-state index contributed by atoms with van der Waals surface area (Å²) in [5.74, 6) is 0. The molecule has 0 N–H and O–H groups in total. The highest BCUT2D eigenvalue weighted by atomic mass is 32.3. The SMILES string of the molecule is O=S(=O)(F)C1CCCCC12CCCC2. The summed E-state index contributed by atoms with van der Waals surface area (Å²) in [6, 6.07) is 0. The van der Waals surface area contributed by atoms with Gasteiger partial charge >= 0.3 is 10.2 Å². The lowest BCUT2D eigenvalue weighted by atomic mass is 9.72. The molecule has 2 saturated carbocycles. The molecule has 2 aliphatic rings. The number of hydrogen-bond donors (Lipinski definition) is 0. The van der Waals surface area contributed by atoms with E-state index in [1.807, 2.05) is 0 Å². The van der Waals surface area contributed by atoms with E-state index >= 15 is 0 Å². The Balaban J connectivity index is 2.27. The van der Waals surface area contributed by atoms with E-state index in [9.17, 15) is 12.3 Å². The van der Waals surface area contributed by atoms with Crippen molar-refractivity contribution in [3.8, 4) is 0 Å². The molecule has 14 heavy (non-hydrogen) atoms. The van der Waals surface area contributed by atoms with Crippen LogP contribution < -0.4 is 0 Å². The molecule has 2 rings (SSSR count). The molecule has 4 heteroatoms. The molecule has 0 heterocycles. The summed E-state index contributed by atoms with van der Waals surface area (Å²) < 4.78 is 35.3. The normalized spacial score (nSPS) is 32.2. The Hall–Kier alpha value is -0.120. The maximum Gasteiger partial charge on any atom is 0.305 e. The molecule has 2 aliphatic carbocycles. The highest BCUT2D eigenvalue weighted by molar-refractivity contribution is 7.87. The summed E-state index contributed by atoms with van der Waals surface area (Å²) >= 11 is 0. The molecule has 0 radical (unpaired) electrons. The zero-order chi connectivity index (χ0) is 10.2. The lowest BCUT2D eigenvalue weighted by Gasteiger charge is -2.38. The van der Waals surface area contributed by atoms with E-state index in [2.05, 4.69) is 0 Å². The molecule has 0 amide bonds. The molecule has 1 unspecified atom stereocenters. The topological polar surface area (TPSA) is 34.1 Å². The quantitative estimate of drug-likeness (QED) is 0.637. The van der Waals surface area contributed by atoms with E-state index in [1.165, 1.54) is 0 Å². The molecule has 1 spiro atoms.